The van der Waals surface area contributed by atoms with Gasteiger partial charge in [-0.1, -0.05) is 0 Å². The van der Waals surface area contributed by atoms with E-state index in [0.717, 1.165) is 4.57 Å². The summed E-state index contributed by atoms with van der Waals surface area (Å²) in [6.45, 7) is 0.567. The van der Waals surface area contributed by atoms with E-state index in [1.807, 2.05) is 0 Å². The van der Waals surface area contributed by atoms with Crippen molar-refractivity contribution in [3.05, 3.63) is 34.3 Å². The molecule has 10 heteroatoms. The monoisotopic (exact) mass is 286 g/mol. The van der Waals surface area contributed by atoms with E-state index in [9.17, 15) is 18.0 Å². The first-order valence-corrected chi connectivity index (χ1v) is 5.74. The smallest absolute Gasteiger partial charge is 0.361 e. The number of halogens is 3. The van der Waals surface area contributed by atoms with Gasteiger partial charge in [-0.2, -0.15) is 18.3 Å². The van der Waals surface area contributed by atoms with Crippen molar-refractivity contribution < 1.29 is 13.2 Å². The molecule has 0 aliphatic carbocycles. The van der Waals surface area contributed by atoms with Crippen molar-refractivity contribution in [2.45, 2.75) is 19.3 Å². The summed E-state index contributed by atoms with van der Waals surface area (Å²) >= 11 is 0. The number of fused-ring (bicyclic) bond motifs is 1. The van der Waals surface area contributed by atoms with Crippen molar-refractivity contribution in [1.82, 2.24) is 25.0 Å². The van der Waals surface area contributed by atoms with E-state index < -0.39 is 12.0 Å². The topological polar surface area (TPSA) is 79.7 Å². The van der Waals surface area contributed by atoms with Crippen LogP contribution in [-0.2, 0) is 19.3 Å². The molecule has 3 heterocycles. The lowest BCUT2D eigenvalue weighted by Crippen LogP contribution is -2.35. The van der Waals surface area contributed by atoms with Crippen LogP contribution in [-0.4, -0.2) is 31.5 Å². The van der Waals surface area contributed by atoms with Crippen LogP contribution in [0.2, 0.25) is 0 Å². The Morgan fingerprint density at radius 1 is 1.25 bits per heavy atom. The van der Waals surface area contributed by atoms with E-state index in [2.05, 4.69) is 20.4 Å². The Hall–Kier alpha value is -2.39. The highest BCUT2D eigenvalue weighted by molar-refractivity contribution is 5.43. The molecule has 1 aliphatic heterocycles. The summed E-state index contributed by atoms with van der Waals surface area (Å²) in [5, 5.41) is 12.7. The molecule has 106 valence electrons. The fourth-order valence-electron chi connectivity index (χ4n) is 2.13. The Kier molecular flexibility index (Phi) is 2.73. The van der Waals surface area contributed by atoms with Crippen LogP contribution in [0.5, 0.6) is 0 Å². The summed E-state index contributed by atoms with van der Waals surface area (Å²) in [5.41, 5.74) is 0.169. The summed E-state index contributed by atoms with van der Waals surface area (Å²) in [7, 11) is 0. The van der Waals surface area contributed by atoms with Crippen LogP contribution in [0.4, 0.5) is 18.9 Å². The van der Waals surface area contributed by atoms with Gasteiger partial charge < -0.3 is 9.47 Å². The lowest BCUT2D eigenvalue weighted by atomic mass is 10.3. The molecule has 0 spiro atoms. The average Bonchev–Trinajstić information content (AvgIpc) is 2.81. The Morgan fingerprint density at radius 3 is 2.75 bits per heavy atom. The van der Waals surface area contributed by atoms with Crippen LogP contribution in [0.1, 0.15) is 11.6 Å². The Labute approximate surface area is 110 Å². The average molecular weight is 286 g/mol. The maximum absolute atomic E-state index is 12.7. The van der Waals surface area contributed by atoms with Gasteiger partial charge >= 0.3 is 6.18 Å². The first kappa shape index (κ1) is 12.6. The molecule has 1 N–H and O–H groups in total. The van der Waals surface area contributed by atoms with Gasteiger partial charge in [0.25, 0.3) is 5.56 Å². The number of alkyl halides is 3. The second-order valence-electron chi connectivity index (χ2n) is 4.31. The molecule has 0 saturated carbocycles. The highest BCUT2D eigenvalue weighted by Crippen LogP contribution is 2.30. The molecular formula is C10H9F3N6O. The van der Waals surface area contributed by atoms with E-state index in [1.54, 1.807) is 4.90 Å². The molecule has 1 aliphatic rings. The number of anilines is 1. The number of nitrogens with zero attached hydrogens (tertiary/aromatic N) is 5. The van der Waals surface area contributed by atoms with Gasteiger partial charge in [0, 0.05) is 19.2 Å². The molecule has 0 atom stereocenters. The van der Waals surface area contributed by atoms with E-state index in [-0.39, 0.29) is 24.5 Å². The Morgan fingerprint density at radius 2 is 2.05 bits per heavy atom. The van der Waals surface area contributed by atoms with Gasteiger partial charge in [-0.3, -0.25) is 4.79 Å². The van der Waals surface area contributed by atoms with Gasteiger partial charge in [0.15, 0.2) is 5.82 Å². The van der Waals surface area contributed by atoms with E-state index in [1.165, 1.54) is 12.3 Å². The molecule has 20 heavy (non-hydrogen) atoms. The lowest BCUT2D eigenvalue weighted by Gasteiger charge is -2.29. The zero-order chi connectivity index (χ0) is 14.3. The molecule has 0 radical (unpaired) electrons. The number of hydrogen-bond acceptors (Lipinski definition) is 5. The summed E-state index contributed by atoms with van der Waals surface area (Å²) in [6, 6.07) is 1.34. The maximum Gasteiger partial charge on any atom is 0.451 e. The highest BCUT2D eigenvalue weighted by Gasteiger charge is 2.39. The van der Waals surface area contributed by atoms with E-state index in [4.69, 9.17) is 0 Å². The number of H-pyrrole nitrogens is 1. The van der Waals surface area contributed by atoms with Crippen molar-refractivity contribution >= 4 is 5.69 Å². The van der Waals surface area contributed by atoms with Gasteiger partial charge in [0.05, 0.1) is 18.4 Å². The maximum atomic E-state index is 12.7. The third-order valence-electron chi connectivity index (χ3n) is 3.02. The van der Waals surface area contributed by atoms with E-state index in [0.29, 0.717) is 12.2 Å². The second-order valence-corrected chi connectivity index (χ2v) is 4.31. The van der Waals surface area contributed by atoms with Crippen LogP contribution < -0.4 is 10.5 Å². The van der Waals surface area contributed by atoms with Crippen molar-refractivity contribution in [3.63, 3.8) is 0 Å². The molecule has 2 aromatic rings. The standard InChI is InChI=1S/C10H9F3N6O/c11-10(12,13)9-17-15-7-5-18(1-2-19(7)9)6-3-8(20)16-14-4-6/h3-4H,1-2,5H2,(H,16,20). The number of aromatic nitrogens is 5. The Balaban J connectivity index is 1.90. The normalized spacial score (nSPS) is 15.2. The van der Waals surface area contributed by atoms with Crippen molar-refractivity contribution in [2.75, 3.05) is 11.4 Å². The molecule has 2 aromatic heterocycles. The van der Waals surface area contributed by atoms with Gasteiger partial charge in [0.1, 0.15) is 0 Å². The molecule has 0 fully saturated rings. The molecular weight excluding hydrogens is 277 g/mol. The fourth-order valence-corrected chi connectivity index (χ4v) is 2.13. The van der Waals surface area contributed by atoms with Crippen molar-refractivity contribution in [2.24, 2.45) is 0 Å². The van der Waals surface area contributed by atoms with Gasteiger partial charge in [0.2, 0.25) is 5.82 Å². The van der Waals surface area contributed by atoms with Crippen LogP contribution in [0.15, 0.2) is 17.1 Å². The third kappa shape index (κ3) is 2.12. The first-order chi connectivity index (χ1) is 9.45. The zero-order valence-electron chi connectivity index (χ0n) is 10.1. The van der Waals surface area contributed by atoms with Crippen molar-refractivity contribution in [1.29, 1.82) is 0 Å². The van der Waals surface area contributed by atoms with Gasteiger partial charge in [-0.25, -0.2) is 5.10 Å². The Bertz CT molecular complexity index is 691. The third-order valence-corrected chi connectivity index (χ3v) is 3.02. The molecule has 0 amide bonds. The van der Waals surface area contributed by atoms with Crippen LogP contribution in [0.25, 0.3) is 0 Å². The predicted octanol–water partition coefficient (Wildman–Crippen LogP) is 0.400. The summed E-state index contributed by atoms with van der Waals surface area (Å²) in [4.78, 5) is 12.9. The van der Waals surface area contributed by atoms with Crippen LogP contribution in [0, 0.1) is 0 Å². The molecule has 7 nitrogen and oxygen atoms in total. The quantitative estimate of drug-likeness (QED) is 0.821. The number of nitrogens with one attached hydrogen (secondary N) is 1. The number of rotatable bonds is 1. The second kappa shape index (κ2) is 4.32. The zero-order valence-corrected chi connectivity index (χ0v) is 10.1. The molecule has 0 aromatic carbocycles. The predicted molar refractivity (Wildman–Crippen MR) is 60.9 cm³/mol. The summed E-state index contributed by atoms with van der Waals surface area (Å²) in [5.74, 6) is -0.778. The summed E-state index contributed by atoms with van der Waals surface area (Å²) < 4.78 is 39.1. The number of hydrogen-bond donors (Lipinski definition) is 1. The van der Waals surface area contributed by atoms with Crippen LogP contribution >= 0.6 is 0 Å². The SMILES string of the molecule is O=c1cc(N2CCn3c(nnc3C(F)(F)F)C2)cn[nH]1. The van der Waals surface area contributed by atoms with Gasteiger partial charge in [-0.05, 0) is 0 Å². The minimum atomic E-state index is -4.52. The fraction of sp³-hybridized carbons (Fsp3) is 0.400. The largest absolute Gasteiger partial charge is 0.451 e. The minimum Gasteiger partial charge on any atom is -0.361 e. The lowest BCUT2D eigenvalue weighted by molar-refractivity contribution is -0.147. The summed E-state index contributed by atoms with van der Waals surface area (Å²) in [6.07, 6.45) is -3.07. The molecule has 0 saturated heterocycles. The molecule has 0 unspecified atom stereocenters. The molecule has 3 rings (SSSR count). The minimum absolute atomic E-state index is 0.101. The highest BCUT2D eigenvalue weighted by atomic mass is 19.4. The number of aromatic amines is 1. The van der Waals surface area contributed by atoms with Gasteiger partial charge in [-0.15, -0.1) is 10.2 Å². The van der Waals surface area contributed by atoms with E-state index >= 15 is 0 Å². The van der Waals surface area contributed by atoms with Crippen molar-refractivity contribution in [3.8, 4) is 0 Å². The van der Waals surface area contributed by atoms with Crippen LogP contribution in [0.3, 0.4) is 0 Å². The molecule has 0 bridgehead atoms. The first-order valence-electron chi connectivity index (χ1n) is 5.74.